The summed E-state index contributed by atoms with van der Waals surface area (Å²) in [4.78, 5) is 47.7. The lowest BCUT2D eigenvalue weighted by Crippen LogP contribution is -2.41. The molecule has 2 aromatic rings. The van der Waals surface area contributed by atoms with Crippen LogP contribution in [-0.4, -0.2) is 63.5 Å². The van der Waals surface area contributed by atoms with E-state index in [1.165, 1.54) is 6.20 Å². The number of H-pyrrole nitrogens is 1. The van der Waals surface area contributed by atoms with Crippen molar-refractivity contribution in [1.29, 1.82) is 0 Å². The number of fused-ring (bicyclic) bond motifs is 6. The van der Waals surface area contributed by atoms with Crippen LogP contribution in [0.4, 0.5) is 0 Å². The maximum atomic E-state index is 13.1. The molecule has 2 bridgehead atoms. The summed E-state index contributed by atoms with van der Waals surface area (Å²) < 4.78 is 10.7. The molecule has 0 saturated carbocycles. The molecule has 5 heterocycles. The van der Waals surface area contributed by atoms with Crippen LogP contribution in [0.15, 0.2) is 35.4 Å². The van der Waals surface area contributed by atoms with Crippen LogP contribution in [0.2, 0.25) is 0 Å². The number of nitrogens with zero attached hydrogens (tertiary/aromatic N) is 3. The zero-order valence-corrected chi connectivity index (χ0v) is 16.1. The van der Waals surface area contributed by atoms with Crippen LogP contribution in [0, 0.1) is 11.8 Å². The van der Waals surface area contributed by atoms with Gasteiger partial charge in [-0.2, -0.15) is 0 Å². The van der Waals surface area contributed by atoms with Gasteiger partial charge < -0.3 is 24.3 Å². The molecule has 3 fully saturated rings. The number of ether oxygens (including phenoxy) is 2. The number of likely N-dealkylation sites (tertiary alicyclic amines) is 1. The zero-order chi connectivity index (χ0) is 20.4. The van der Waals surface area contributed by atoms with Crippen LogP contribution < -0.4 is 15.0 Å². The first-order valence-corrected chi connectivity index (χ1v) is 10.2. The molecule has 1 aromatic heterocycles. The topological polar surface area (TPSA) is 105 Å². The molecule has 0 aliphatic carbocycles. The number of carbonyl (C=O) groups is 2. The van der Waals surface area contributed by atoms with E-state index in [2.05, 4.69) is 9.97 Å². The van der Waals surface area contributed by atoms with Crippen molar-refractivity contribution in [3.63, 3.8) is 0 Å². The largest absolute Gasteiger partial charge is 0.454 e. The third-order valence-corrected chi connectivity index (χ3v) is 6.91. The van der Waals surface area contributed by atoms with Crippen LogP contribution in [0.5, 0.6) is 11.5 Å². The molecule has 1 aromatic carbocycles. The summed E-state index contributed by atoms with van der Waals surface area (Å²) in [5.41, 5.74) is 0.530. The SMILES string of the molecule is O=C(c1ccc2c(c1)OCO2)N1C[C@@H]2[C@H](C1)[C@@H]1CC[C@H]2N1C(=O)c1c[nH]c(=O)cn1. The molecule has 154 valence electrons. The molecule has 30 heavy (non-hydrogen) atoms. The second-order valence-corrected chi connectivity index (χ2v) is 8.33. The van der Waals surface area contributed by atoms with E-state index in [4.69, 9.17) is 9.47 Å². The van der Waals surface area contributed by atoms with Gasteiger partial charge in [0, 0.05) is 48.8 Å². The average molecular weight is 408 g/mol. The van der Waals surface area contributed by atoms with E-state index in [1.807, 2.05) is 9.80 Å². The molecular weight excluding hydrogens is 388 g/mol. The fourth-order valence-electron chi connectivity index (χ4n) is 5.65. The van der Waals surface area contributed by atoms with Gasteiger partial charge in [-0.15, -0.1) is 0 Å². The molecule has 9 heteroatoms. The number of hydrogen-bond acceptors (Lipinski definition) is 6. The Morgan fingerprint density at radius 2 is 1.77 bits per heavy atom. The number of aromatic amines is 1. The maximum absolute atomic E-state index is 13.1. The van der Waals surface area contributed by atoms with Gasteiger partial charge in [-0.25, -0.2) is 4.98 Å². The van der Waals surface area contributed by atoms with Crippen molar-refractivity contribution in [2.45, 2.75) is 24.9 Å². The highest BCUT2D eigenvalue weighted by molar-refractivity contribution is 5.95. The van der Waals surface area contributed by atoms with E-state index in [0.29, 0.717) is 30.2 Å². The molecule has 2 amide bonds. The predicted octanol–water partition coefficient (Wildman–Crippen LogP) is 0.874. The summed E-state index contributed by atoms with van der Waals surface area (Å²) in [6.07, 6.45) is 4.39. The molecule has 0 unspecified atom stereocenters. The number of amides is 2. The highest BCUT2D eigenvalue weighted by Gasteiger charge is 2.58. The van der Waals surface area contributed by atoms with Crippen molar-refractivity contribution >= 4 is 11.8 Å². The summed E-state index contributed by atoms with van der Waals surface area (Å²) in [6.45, 7) is 1.46. The van der Waals surface area contributed by atoms with Gasteiger partial charge in [0.15, 0.2) is 11.5 Å². The smallest absolute Gasteiger partial charge is 0.274 e. The quantitative estimate of drug-likeness (QED) is 0.791. The number of nitrogens with one attached hydrogen (secondary N) is 1. The van der Waals surface area contributed by atoms with Gasteiger partial charge in [-0.05, 0) is 31.0 Å². The van der Waals surface area contributed by atoms with E-state index in [1.54, 1.807) is 18.2 Å². The first-order chi connectivity index (χ1) is 14.6. The Labute approximate surface area is 171 Å². The zero-order valence-electron chi connectivity index (χ0n) is 16.1. The molecule has 1 N–H and O–H groups in total. The third kappa shape index (κ3) is 2.47. The number of aromatic nitrogens is 2. The van der Waals surface area contributed by atoms with Crippen LogP contribution in [0.25, 0.3) is 0 Å². The van der Waals surface area contributed by atoms with Crippen molar-refractivity contribution in [2.75, 3.05) is 19.9 Å². The van der Waals surface area contributed by atoms with Crippen molar-refractivity contribution in [3.05, 3.63) is 52.2 Å². The first-order valence-electron chi connectivity index (χ1n) is 10.2. The fraction of sp³-hybridized carbons (Fsp3) is 0.429. The van der Waals surface area contributed by atoms with Gasteiger partial charge in [0.05, 0.1) is 6.20 Å². The molecular formula is C21H20N4O5. The van der Waals surface area contributed by atoms with E-state index < -0.39 is 0 Å². The molecule has 0 spiro atoms. The van der Waals surface area contributed by atoms with Crippen molar-refractivity contribution in [3.8, 4) is 11.5 Å². The minimum atomic E-state index is -0.328. The summed E-state index contributed by atoms with van der Waals surface area (Å²) in [5, 5.41) is 0. The molecule has 9 nitrogen and oxygen atoms in total. The number of hydrogen-bond donors (Lipinski definition) is 1. The Bertz CT molecular complexity index is 1070. The maximum Gasteiger partial charge on any atom is 0.274 e. The van der Waals surface area contributed by atoms with E-state index >= 15 is 0 Å². The first kappa shape index (κ1) is 17.5. The van der Waals surface area contributed by atoms with Crippen LogP contribution in [0.1, 0.15) is 33.7 Å². The second kappa shape index (κ2) is 6.32. The predicted molar refractivity (Wildman–Crippen MR) is 103 cm³/mol. The second-order valence-electron chi connectivity index (χ2n) is 8.33. The Balaban J connectivity index is 1.20. The normalized spacial score (nSPS) is 28.1. The van der Waals surface area contributed by atoms with Crippen molar-refractivity contribution < 1.29 is 19.1 Å². The minimum Gasteiger partial charge on any atom is -0.454 e. The standard InChI is InChI=1S/C21H20N4O5/c26-19-7-22-14(6-23-19)21(28)25-15-2-3-16(25)13-9-24(8-12(13)15)20(27)11-1-4-17-18(5-11)30-10-29-17/h1,4-7,12-13,15-16H,2-3,8-10H2,(H,23,26)/t12-,13+,15-,16+. The summed E-state index contributed by atoms with van der Waals surface area (Å²) in [6, 6.07) is 5.50. The van der Waals surface area contributed by atoms with Crippen LogP contribution in [0.3, 0.4) is 0 Å². The third-order valence-electron chi connectivity index (χ3n) is 6.91. The lowest BCUT2D eigenvalue weighted by atomic mass is 9.82. The Morgan fingerprint density at radius 3 is 2.47 bits per heavy atom. The lowest BCUT2D eigenvalue weighted by Gasteiger charge is -2.27. The Kier molecular flexibility index (Phi) is 3.68. The van der Waals surface area contributed by atoms with Gasteiger partial charge in [0.2, 0.25) is 6.79 Å². The van der Waals surface area contributed by atoms with E-state index in [-0.39, 0.29) is 53.8 Å². The monoisotopic (exact) mass is 408 g/mol. The Hall–Kier alpha value is -3.36. The van der Waals surface area contributed by atoms with Crippen molar-refractivity contribution in [2.24, 2.45) is 11.8 Å². The van der Waals surface area contributed by atoms with E-state index in [9.17, 15) is 14.4 Å². The lowest BCUT2D eigenvalue weighted by molar-refractivity contribution is 0.0667. The van der Waals surface area contributed by atoms with Gasteiger partial charge in [0.25, 0.3) is 17.4 Å². The molecule has 4 aliphatic rings. The average Bonchev–Trinajstić information content (AvgIpc) is 3.53. The molecule has 4 atom stereocenters. The Morgan fingerprint density at radius 1 is 1.03 bits per heavy atom. The van der Waals surface area contributed by atoms with Gasteiger partial charge >= 0.3 is 0 Å². The molecule has 0 radical (unpaired) electrons. The summed E-state index contributed by atoms with van der Waals surface area (Å²) in [5.74, 6) is 1.66. The van der Waals surface area contributed by atoms with Gasteiger partial charge in [0.1, 0.15) is 5.69 Å². The number of rotatable bonds is 2. The van der Waals surface area contributed by atoms with E-state index in [0.717, 1.165) is 19.0 Å². The molecule has 4 aliphatic heterocycles. The minimum absolute atomic E-state index is 0.0118. The van der Waals surface area contributed by atoms with Crippen molar-refractivity contribution in [1.82, 2.24) is 19.8 Å². The highest BCUT2D eigenvalue weighted by atomic mass is 16.7. The number of benzene rings is 1. The highest BCUT2D eigenvalue weighted by Crippen LogP contribution is 2.50. The van der Waals surface area contributed by atoms with Gasteiger partial charge in [-0.3, -0.25) is 14.4 Å². The summed E-state index contributed by atoms with van der Waals surface area (Å²) >= 11 is 0. The van der Waals surface area contributed by atoms with Crippen LogP contribution >= 0.6 is 0 Å². The molecule has 3 saturated heterocycles. The fourth-order valence-corrected chi connectivity index (χ4v) is 5.65. The summed E-state index contributed by atoms with van der Waals surface area (Å²) in [7, 11) is 0. The molecule has 6 rings (SSSR count). The van der Waals surface area contributed by atoms with Crippen LogP contribution in [-0.2, 0) is 0 Å². The number of carbonyl (C=O) groups excluding carboxylic acids is 2. The van der Waals surface area contributed by atoms with Gasteiger partial charge in [-0.1, -0.05) is 0 Å².